The average molecular weight is 161 g/mol. The van der Waals surface area contributed by atoms with Gasteiger partial charge in [-0.05, 0) is 6.42 Å². The highest BCUT2D eigenvalue weighted by Crippen LogP contribution is 2.25. The van der Waals surface area contributed by atoms with Crippen LogP contribution in [-0.2, 0) is 4.79 Å². The molecule has 0 aromatic heterocycles. The molecule has 0 spiro atoms. The highest BCUT2D eigenvalue weighted by atomic mass is 16.4. The molecule has 0 aromatic rings. The minimum absolute atomic E-state index is 0.137. The van der Waals surface area contributed by atoms with E-state index < -0.39 is 30.1 Å². The van der Waals surface area contributed by atoms with Gasteiger partial charge in [-0.15, -0.1) is 0 Å². The van der Waals surface area contributed by atoms with Gasteiger partial charge in [-0.25, -0.2) is 0 Å². The number of carboxylic acids is 1. The van der Waals surface area contributed by atoms with Crippen LogP contribution >= 0.6 is 0 Å². The van der Waals surface area contributed by atoms with Crippen molar-refractivity contribution in [3.63, 3.8) is 0 Å². The largest absolute Gasteiger partial charge is 0.481 e. The Balaban J connectivity index is 2.67. The van der Waals surface area contributed by atoms with Gasteiger partial charge in [-0.2, -0.15) is 0 Å². The highest BCUT2D eigenvalue weighted by molar-refractivity contribution is 5.71. The first kappa shape index (κ1) is 8.45. The summed E-state index contributed by atoms with van der Waals surface area (Å²) >= 11 is 0. The molecule has 4 atom stereocenters. The third-order valence-corrected chi connectivity index (χ3v) is 2.04. The first-order chi connectivity index (χ1) is 5.04. The summed E-state index contributed by atoms with van der Waals surface area (Å²) in [6, 6.07) is -0.619. The number of hydrogen-bond acceptors (Lipinski definition) is 4. The molecular formula is C6H11NO4. The summed E-state index contributed by atoms with van der Waals surface area (Å²) in [5, 5.41) is 26.6. The molecule has 0 heterocycles. The molecule has 1 aliphatic carbocycles. The summed E-state index contributed by atoms with van der Waals surface area (Å²) in [5.41, 5.74) is 5.32. The van der Waals surface area contributed by atoms with E-state index in [0.29, 0.717) is 0 Å². The molecule has 1 rings (SSSR count). The van der Waals surface area contributed by atoms with Crippen LogP contribution < -0.4 is 5.73 Å². The summed E-state index contributed by atoms with van der Waals surface area (Å²) in [6.45, 7) is 0. The molecule has 5 heteroatoms. The second-order valence-corrected chi connectivity index (χ2v) is 2.83. The van der Waals surface area contributed by atoms with Crippen LogP contribution in [0.25, 0.3) is 0 Å². The molecule has 0 amide bonds. The topological polar surface area (TPSA) is 104 Å². The number of carboxylic acid groups (broad SMARTS) is 1. The second kappa shape index (κ2) is 2.77. The molecule has 1 fully saturated rings. The number of carbonyl (C=O) groups is 1. The van der Waals surface area contributed by atoms with Crippen molar-refractivity contribution in [2.45, 2.75) is 24.7 Å². The molecule has 1 saturated carbocycles. The lowest BCUT2D eigenvalue weighted by Crippen LogP contribution is -2.36. The molecule has 0 unspecified atom stereocenters. The lowest BCUT2D eigenvalue weighted by atomic mass is 10.1. The van der Waals surface area contributed by atoms with Gasteiger partial charge in [0.1, 0.15) is 0 Å². The smallest absolute Gasteiger partial charge is 0.309 e. The first-order valence-electron chi connectivity index (χ1n) is 3.38. The van der Waals surface area contributed by atoms with E-state index in [1.54, 1.807) is 0 Å². The van der Waals surface area contributed by atoms with Gasteiger partial charge in [0.15, 0.2) is 0 Å². The van der Waals surface area contributed by atoms with Gasteiger partial charge in [-0.3, -0.25) is 4.79 Å². The van der Waals surface area contributed by atoms with E-state index in [1.165, 1.54) is 0 Å². The van der Waals surface area contributed by atoms with Gasteiger partial charge in [0.25, 0.3) is 0 Å². The Bertz CT molecular complexity index is 172. The van der Waals surface area contributed by atoms with E-state index in [2.05, 4.69) is 0 Å². The van der Waals surface area contributed by atoms with Gasteiger partial charge < -0.3 is 21.1 Å². The minimum Gasteiger partial charge on any atom is -0.481 e. The third kappa shape index (κ3) is 1.35. The van der Waals surface area contributed by atoms with E-state index in [0.717, 1.165) is 0 Å². The van der Waals surface area contributed by atoms with Crippen molar-refractivity contribution in [3.05, 3.63) is 0 Å². The molecule has 0 radical (unpaired) electrons. The molecule has 0 saturated heterocycles. The molecule has 0 aliphatic heterocycles. The fourth-order valence-corrected chi connectivity index (χ4v) is 1.31. The lowest BCUT2D eigenvalue weighted by Gasteiger charge is -2.12. The Morgan fingerprint density at radius 2 is 1.91 bits per heavy atom. The maximum atomic E-state index is 10.4. The number of hydrogen-bond donors (Lipinski definition) is 4. The second-order valence-electron chi connectivity index (χ2n) is 2.83. The van der Waals surface area contributed by atoms with Crippen LogP contribution in [0.5, 0.6) is 0 Å². The SMILES string of the molecule is N[C@H]1C[C@H](C(=O)O)[C@H](O)[C@@H]1O. The summed E-state index contributed by atoms with van der Waals surface area (Å²) < 4.78 is 0. The molecule has 64 valence electrons. The fourth-order valence-electron chi connectivity index (χ4n) is 1.31. The average Bonchev–Trinajstić information content (AvgIpc) is 2.17. The Hall–Kier alpha value is -0.650. The van der Waals surface area contributed by atoms with Gasteiger partial charge in [0.05, 0.1) is 18.1 Å². The van der Waals surface area contributed by atoms with E-state index in [9.17, 15) is 4.79 Å². The van der Waals surface area contributed by atoms with Crippen molar-refractivity contribution in [3.8, 4) is 0 Å². The normalized spacial score (nSPS) is 44.3. The van der Waals surface area contributed by atoms with Crippen molar-refractivity contribution in [2.75, 3.05) is 0 Å². The summed E-state index contributed by atoms with van der Waals surface area (Å²) in [6.07, 6.45) is -2.18. The Kier molecular flexibility index (Phi) is 2.12. The maximum Gasteiger partial charge on any atom is 0.309 e. The predicted octanol–water partition coefficient (Wildman–Crippen LogP) is -1.86. The van der Waals surface area contributed by atoms with Crippen molar-refractivity contribution in [2.24, 2.45) is 11.7 Å². The Morgan fingerprint density at radius 3 is 2.09 bits per heavy atom. The Morgan fingerprint density at radius 1 is 1.36 bits per heavy atom. The molecule has 5 N–H and O–H groups in total. The van der Waals surface area contributed by atoms with Crippen molar-refractivity contribution < 1.29 is 20.1 Å². The van der Waals surface area contributed by atoms with Crippen LogP contribution in [-0.4, -0.2) is 39.5 Å². The van der Waals surface area contributed by atoms with E-state index in [1.807, 2.05) is 0 Å². The third-order valence-electron chi connectivity index (χ3n) is 2.04. The molecule has 0 aromatic carbocycles. The zero-order valence-electron chi connectivity index (χ0n) is 5.84. The number of aliphatic hydroxyl groups excluding tert-OH is 2. The lowest BCUT2D eigenvalue weighted by molar-refractivity contribution is -0.145. The van der Waals surface area contributed by atoms with Crippen molar-refractivity contribution >= 4 is 5.97 Å². The van der Waals surface area contributed by atoms with Crippen LogP contribution in [0.1, 0.15) is 6.42 Å². The molecule has 11 heavy (non-hydrogen) atoms. The zero-order chi connectivity index (χ0) is 8.59. The molecule has 1 aliphatic rings. The number of aliphatic hydroxyl groups is 2. The fraction of sp³-hybridized carbons (Fsp3) is 0.833. The zero-order valence-corrected chi connectivity index (χ0v) is 5.84. The summed E-state index contributed by atoms with van der Waals surface area (Å²) in [7, 11) is 0. The number of nitrogens with two attached hydrogens (primary N) is 1. The van der Waals surface area contributed by atoms with E-state index in [4.69, 9.17) is 21.1 Å². The van der Waals surface area contributed by atoms with Crippen molar-refractivity contribution in [1.29, 1.82) is 0 Å². The molecule has 5 nitrogen and oxygen atoms in total. The van der Waals surface area contributed by atoms with Gasteiger partial charge >= 0.3 is 5.97 Å². The molecule has 0 bridgehead atoms. The minimum atomic E-state index is -1.22. The number of rotatable bonds is 1. The monoisotopic (exact) mass is 161 g/mol. The highest BCUT2D eigenvalue weighted by Gasteiger charge is 2.43. The van der Waals surface area contributed by atoms with Crippen LogP contribution in [0.15, 0.2) is 0 Å². The van der Waals surface area contributed by atoms with Crippen LogP contribution in [0.4, 0.5) is 0 Å². The standard InChI is InChI=1S/C6H11NO4/c7-3-1-2(6(10)11)4(8)5(3)9/h2-5,8-9H,1,7H2,(H,10,11)/t2-,3-,4-,5+/m0/s1. The molecular weight excluding hydrogens is 150 g/mol. The quantitative estimate of drug-likeness (QED) is 0.361. The van der Waals surface area contributed by atoms with Crippen LogP contribution in [0, 0.1) is 5.92 Å². The van der Waals surface area contributed by atoms with Crippen LogP contribution in [0.2, 0.25) is 0 Å². The van der Waals surface area contributed by atoms with Crippen LogP contribution in [0.3, 0.4) is 0 Å². The Labute approximate surface area is 63.4 Å². The van der Waals surface area contributed by atoms with Crippen molar-refractivity contribution in [1.82, 2.24) is 0 Å². The number of aliphatic carboxylic acids is 1. The first-order valence-corrected chi connectivity index (χ1v) is 3.38. The van der Waals surface area contributed by atoms with Gasteiger partial charge in [-0.1, -0.05) is 0 Å². The van der Waals surface area contributed by atoms with E-state index >= 15 is 0 Å². The summed E-state index contributed by atoms with van der Waals surface area (Å²) in [4.78, 5) is 10.4. The predicted molar refractivity (Wildman–Crippen MR) is 35.7 cm³/mol. The van der Waals surface area contributed by atoms with E-state index in [-0.39, 0.29) is 6.42 Å². The maximum absolute atomic E-state index is 10.4. The van der Waals surface area contributed by atoms with Gasteiger partial charge in [0.2, 0.25) is 0 Å². The van der Waals surface area contributed by atoms with Gasteiger partial charge in [0, 0.05) is 6.04 Å². The summed E-state index contributed by atoms with van der Waals surface area (Å²) in [5.74, 6) is -2.02.